The molecule has 5 heteroatoms. The third kappa shape index (κ3) is 2.35. The first-order valence-electron chi connectivity index (χ1n) is 4.06. The summed E-state index contributed by atoms with van der Waals surface area (Å²) in [5, 5.41) is 0. The van der Waals surface area contributed by atoms with Gasteiger partial charge in [0.25, 0.3) is 0 Å². The number of hydrogen-bond donors (Lipinski definition) is 1. The van der Waals surface area contributed by atoms with Gasteiger partial charge in [-0.3, -0.25) is 0 Å². The highest BCUT2D eigenvalue weighted by Gasteiger charge is 2.39. The van der Waals surface area contributed by atoms with E-state index in [0.29, 0.717) is 17.9 Å². The molecule has 0 bridgehead atoms. The summed E-state index contributed by atoms with van der Waals surface area (Å²) in [7, 11) is 0. The quantitative estimate of drug-likeness (QED) is 0.617. The lowest BCUT2D eigenvalue weighted by atomic mass is 9.99. The molecule has 12 heavy (non-hydrogen) atoms. The van der Waals surface area contributed by atoms with Crippen molar-refractivity contribution in [3.8, 4) is 0 Å². The van der Waals surface area contributed by atoms with Crippen molar-refractivity contribution >= 4 is 0 Å². The lowest BCUT2D eigenvalue weighted by Gasteiger charge is -2.32. The van der Waals surface area contributed by atoms with Gasteiger partial charge in [0.1, 0.15) is 0 Å². The van der Waals surface area contributed by atoms with E-state index in [1.807, 2.05) is 0 Å². The first-order chi connectivity index (χ1) is 5.54. The Balaban J connectivity index is 2.46. The van der Waals surface area contributed by atoms with E-state index < -0.39 is 6.30 Å². The van der Waals surface area contributed by atoms with Gasteiger partial charge in [-0.05, 0) is 25.3 Å². The minimum atomic E-state index is -4.17. The number of nitrogens with two attached hydrogens (primary N) is 1. The first-order valence-corrected chi connectivity index (χ1v) is 4.06. The van der Waals surface area contributed by atoms with E-state index in [1.165, 1.54) is 0 Å². The molecule has 2 N–H and O–H groups in total. The molecule has 1 saturated heterocycles. The van der Waals surface area contributed by atoms with E-state index >= 15 is 0 Å². The van der Waals surface area contributed by atoms with Crippen molar-refractivity contribution in [2.45, 2.75) is 19.1 Å². The molecular formula is C7H13F3N2. The zero-order valence-corrected chi connectivity index (χ0v) is 6.77. The highest BCUT2D eigenvalue weighted by atomic mass is 19.4. The molecule has 0 saturated carbocycles. The van der Waals surface area contributed by atoms with Crippen LogP contribution in [0.1, 0.15) is 12.8 Å². The second-order valence-corrected chi connectivity index (χ2v) is 3.16. The summed E-state index contributed by atoms with van der Waals surface area (Å²) in [6, 6.07) is 0. The van der Waals surface area contributed by atoms with Crippen molar-refractivity contribution in [3.63, 3.8) is 0 Å². The Bertz CT molecular complexity index is 146. The van der Waals surface area contributed by atoms with Crippen molar-refractivity contribution in [2.75, 3.05) is 19.6 Å². The fourth-order valence-corrected chi connectivity index (χ4v) is 1.49. The molecular weight excluding hydrogens is 169 g/mol. The summed E-state index contributed by atoms with van der Waals surface area (Å²) in [6.45, 7) is 0.548. The van der Waals surface area contributed by atoms with Crippen LogP contribution in [0.25, 0.3) is 0 Å². The Kier molecular flexibility index (Phi) is 2.95. The highest BCUT2D eigenvalue weighted by Crippen LogP contribution is 2.27. The number of alkyl halides is 3. The van der Waals surface area contributed by atoms with Crippen molar-refractivity contribution in [1.29, 1.82) is 0 Å². The molecule has 0 aromatic heterocycles. The van der Waals surface area contributed by atoms with Crippen LogP contribution >= 0.6 is 0 Å². The van der Waals surface area contributed by atoms with Crippen LogP contribution in [0.3, 0.4) is 0 Å². The third-order valence-electron chi connectivity index (χ3n) is 2.21. The number of rotatable bonds is 1. The Morgan fingerprint density at radius 1 is 1.42 bits per heavy atom. The van der Waals surface area contributed by atoms with Gasteiger partial charge in [-0.15, -0.1) is 0 Å². The molecule has 1 rings (SSSR count). The van der Waals surface area contributed by atoms with E-state index in [0.717, 1.165) is 6.42 Å². The number of piperidine rings is 1. The minimum absolute atomic E-state index is 0.0142. The fraction of sp³-hybridized carbons (Fsp3) is 1.00. The van der Waals surface area contributed by atoms with E-state index in [4.69, 9.17) is 5.73 Å². The average Bonchev–Trinajstić information content (AvgIpc) is 2.03. The molecule has 0 radical (unpaired) electrons. The lowest BCUT2D eigenvalue weighted by molar-refractivity contribution is -0.253. The molecule has 0 unspecified atom stereocenters. The van der Waals surface area contributed by atoms with Crippen LogP contribution in [-0.2, 0) is 0 Å². The molecule has 2 nitrogen and oxygen atoms in total. The van der Waals surface area contributed by atoms with Crippen molar-refractivity contribution < 1.29 is 13.2 Å². The Hall–Kier alpha value is -0.290. The van der Waals surface area contributed by atoms with Crippen LogP contribution in [0.15, 0.2) is 0 Å². The maximum absolute atomic E-state index is 12.1. The van der Waals surface area contributed by atoms with Crippen molar-refractivity contribution in [3.05, 3.63) is 0 Å². The number of likely N-dealkylation sites (tertiary alicyclic amines) is 1. The SMILES string of the molecule is NC[C@@H]1CCCN(C(F)(F)F)C1. The molecule has 0 aromatic carbocycles. The Labute approximate surface area is 69.5 Å². The van der Waals surface area contributed by atoms with Crippen molar-refractivity contribution in [1.82, 2.24) is 4.90 Å². The van der Waals surface area contributed by atoms with Crippen LogP contribution < -0.4 is 5.73 Å². The second kappa shape index (κ2) is 3.62. The molecule has 1 atom stereocenters. The van der Waals surface area contributed by atoms with Gasteiger partial charge in [0.2, 0.25) is 0 Å². The monoisotopic (exact) mass is 182 g/mol. The lowest BCUT2D eigenvalue weighted by Crippen LogP contribution is -2.46. The smallest absolute Gasteiger partial charge is 0.330 e. The number of hydrogen-bond acceptors (Lipinski definition) is 2. The summed E-state index contributed by atoms with van der Waals surface area (Å²) >= 11 is 0. The minimum Gasteiger partial charge on any atom is -0.330 e. The normalized spacial score (nSPS) is 27.5. The molecule has 0 amide bonds. The molecule has 0 aliphatic carbocycles. The summed E-state index contributed by atoms with van der Waals surface area (Å²) in [6.07, 6.45) is -2.75. The van der Waals surface area contributed by atoms with Crippen LogP contribution in [-0.4, -0.2) is 30.8 Å². The van der Waals surface area contributed by atoms with Crippen molar-refractivity contribution in [2.24, 2.45) is 11.7 Å². The van der Waals surface area contributed by atoms with Gasteiger partial charge in [0, 0.05) is 13.1 Å². The zero-order chi connectivity index (χ0) is 9.19. The molecule has 1 aliphatic heterocycles. The molecule has 1 aliphatic rings. The van der Waals surface area contributed by atoms with Gasteiger partial charge in [-0.25, -0.2) is 4.90 Å². The van der Waals surface area contributed by atoms with Gasteiger partial charge < -0.3 is 5.73 Å². The zero-order valence-electron chi connectivity index (χ0n) is 6.77. The van der Waals surface area contributed by atoms with Gasteiger partial charge in [0.15, 0.2) is 0 Å². The van der Waals surface area contributed by atoms with E-state index in [-0.39, 0.29) is 19.0 Å². The summed E-state index contributed by atoms with van der Waals surface area (Å²) < 4.78 is 36.4. The summed E-state index contributed by atoms with van der Waals surface area (Å²) in [5.41, 5.74) is 5.31. The molecule has 0 spiro atoms. The van der Waals surface area contributed by atoms with E-state index in [2.05, 4.69) is 0 Å². The predicted molar refractivity (Wildman–Crippen MR) is 39.4 cm³/mol. The van der Waals surface area contributed by atoms with Gasteiger partial charge in [-0.2, -0.15) is 13.2 Å². The molecule has 1 fully saturated rings. The van der Waals surface area contributed by atoms with E-state index in [9.17, 15) is 13.2 Å². The van der Waals surface area contributed by atoms with Gasteiger partial charge >= 0.3 is 6.30 Å². The maximum atomic E-state index is 12.1. The first kappa shape index (κ1) is 9.80. The average molecular weight is 182 g/mol. The third-order valence-corrected chi connectivity index (χ3v) is 2.21. The highest BCUT2D eigenvalue weighted by molar-refractivity contribution is 4.74. The van der Waals surface area contributed by atoms with Crippen LogP contribution in [0.4, 0.5) is 13.2 Å². The van der Waals surface area contributed by atoms with E-state index in [1.54, 1.807) is 0 Å². The van der Waals surface area contributed by atoms with Crippen LogP contribution in [0.5, 0.6) is 0 Å². The summed E-state index contributed by atoms with van der Waals surface area (Å²) in [5.74, 6) is 0.0142. The van der Waals surface area contributed by atoms with Gasteiger partial charge in [0.05, 0.1) is 0 Å². The number of nitrogens with zero attached hydrogens (tertiary/aromatic N) is 1. The molecule has 72 valence electrons. The van der Waals surface area contributed by atoms with Crippen LogP contribution in [0, 0.1) is 5.92 Å². The Morgan fingerprint density at radius 3 is 2.58 bits per heavy atom. The standard InChI is InChI=1S/C7H13F3N2/c8-7(9,10)12-3-1-2-6(4-11)5-12/h6H,1-5,11H2/t6-/m0/s1. The summed E-state index contributed by atoms with van der Waals surface area (Å²) in [4.78, 5) is 0.550. The Morgan fingerprint density at radius 2 is 2.08 bits per heavy atom. The van der Waals surface area contributed by atoms with Crippen LogP contribution in [0.2, 0.25) is 0 Å². The number of halogens is 3. The topological polar surface area (TPSA) is 29.3 Å². The van der Waals surface area contributed by atoms with Gasteiger partial charge in [-0.1, -0.05) is 0 Å². The largest absolute Gasteiger partial charge is 0.459 e. The fourth-order valence-electron chi connectivity index (χ4n) is 1.49. The molecule has 1 heterocycles. The predicted octanol–water partition coefficient (Wildman–Crippen LogP) is 1.18. The second-order valence-electron chi connectivity index (χ2n) is 3.16. The maximum Gasteiger partial charge on any atom is 0.459 e. The molecule has 0 aromatic rings.